The Labute approximate surface area is 153 Å². The summed E-state index contributed by atoms with van der Waals surface area (Å²) in [5.41, 5.74) is 2.57. The van der Waals surface area contributed by atoms with Crippen LogP contribution in [0.5, 0.6) is 5.75 Å². The van der Waals surface area contributed by atoms with Crippen molar-refractivity contribution in [1.82, 2.24) is 0 Å². The maximum atomic E-state index is 6.36. The van der Waals surface area contributed by atoms with Crippen molar-refractivity contribution < 1.29 is 4.43 Å². The second-order valence-corrected chi connectivity index (χ2v) is 9.38. The minimum atomic E-state index is 0.296. The maximum absolute atomic E-state index is 6.36. The lowest BCUT2D eigenvalue weighted by Gasteiger charge is -2.40. The smallest absolute Gasteiger partial charge is 0.318 e. The van der Waals surface area contributed by atoms with Crippen LogP contribution in [-0.4, -0.2) is 9.76 Å². The second kappa shape index (κ2) is 10.3. The van der Waals surface area contributed by atoms with E-state index in [1.807, 2.05) is 0 Å². The van der Waals surface area contributed by atoms with Crippen molar-refractivity contribution in [3.8, 4) is 5.75 Å². The molecule has 1 aromatic rings. The van der Waals surface area contributed by atoms with Crippen molar-refractivity contribution in [3.63, 3.8) is 0 Å². The van der Waals surface area contributed by atoms with Gasteiger partial charge in [-0.25, -0.2) is 0 Å². The van der Waals surface area contributed by atoms with E-state index in [1.54, 1.807) is 0 Å². The normalized spacial score (nSPS) is 12.2. The minimum absolute atomic E-state index is 0.296. The van der Waals surface area contributed by atoms with Gasteiger partial charge in [-0.15, -0.1) is 0 Å². The molecule has 0 saturated carbocycles. The lowest BCUT2D eigenvalue weighted by Crippen LogP contribution is -2.35. The number of hydrogen-bond donors (Lipinski definition) is 0. The highest BCUT2D eigenvalue weighted by Gasteiger charge is 2.39. The molecule has 0 saturated heterocycles. The van der Waals surface area contributed by atoms with Gasteiger partial charge in [-0.3, -0.25) is 0 Å². The molecule has 2 heteroatoms. The van der Waals surface area contributed by atoms with Crippen LogP contribution in [-0.2, 0) is 0 Å². The topological polar surface area (TPSA) is 9.23 Å². The average molecular weight is 347 g/mol. The first-order valence-electron chi connectivity index (χ1n) is 9.84. The summed E-state index contributed by atoms with van der Waals surface area (Å²) in [6.07, 6.45) is 8.05. The highest BCUT2D eigenvalue weighted by molar-refractivity contribution is 6.33. The fourth-order valence-corrected chi connectivity index (χ4v) is 4.87. The fourth-order valence-electron chi connectivity index (χ4n) is 3.70. The summed E-state index contributed by atoms with van der Waals surface area (Å²) in [4.78, 5) is 0. The summed E-state index contributed by atoms with van der Waals surface area (Å²) in [7, 11) is 0.537. The predicted octanol–water partition coefficient (Wildman–Crippen LogP) is 7.13. The summed E-state index contributed by atoms with van der Waals surface area (Å²) in [5.74, 6) is 2.34. The molecule has 0 amide bonds. The van der Waals surface area contributed by atoms with E-state index >= 15 is 0 Å². The number of aryl methyl sites for hydroxylation is 2. The largest absolute Gasteiger partial charge is 0.540 e. The van der Waals surface area contributed by atoms with Crippen molar-refractivity contribution in [2.24, 2.45) is 11.8 Å². The van der Waals surface area contributed by atoms with Crippen molar-refractivity contribution in [2.75, 3.05) is 0 Å². The zero-order valence-electron chi connectivity index (χ0n) is 17.0. The zero-order chi connectivity index (χ0) is 18.2. The SMILES string of the molecule is CCCCCCCC([Si]Oc1cc(C)cc(C)c1)(C(C)C)C(C)C. The third-order valence-corrected chi connectivity index (χ3v) is 7.43. The number of benzene rings is 1. The lowest BCUT2D eigenvalue weighted by atomic mass is 9.80. The van der Waals surface area contributed by atoms with Crippen LogP contribution in [0, 0.1) is 25.7 Å². The van der Waals surface area contributed by atoms with E-state index in [2.05, 4.69) is 66.7 Å². The molecule has 0 aromatic heterocycles. The van der Waals surface area contributed by atoms with Gasteiger partial charge >= 0.3 is 9.76 Å². The number of unbranched alkanes of at least 4 members (excludes halogenated alkanes) is 4. The van der Waals surface area contributed by atoms with E-state index in [1.165, 1.54) is 49.7 Å². The van der Waals surface area contributed by atoms with Gasteiger partial charge in [0, 0.05) is 5.04 Å². The van der Waals surface area contributed by atoms with Crippen molar-refractivity contribution in [2.45, 2.75) is 92.0 Å². The van der Waals surface area contributed by atoms with E-state index in [0.29, 0.717) is 26.6 Å². The van der Waals surface area contributed by atoms with Gasteiger partial charge in [-0.2, -0.15) is 0 Å². The lowest BCUT2D eigenvalue weighted by molar-refractivity contribution is 0.261. The van der Waals surface area contributed by atoms with E-state index < -0.39 is 0 Å². The predicted molar refractivity (Wildman–Crippen MR) is 108 cm³/mol. The Morgan fingerprint density at radius 2 is 1.42 bits per heavy atom. The Morgan fingerprint density at radius 3 is 1.92 bits per heavy atom. The van der Waals surface area contributed by atoms with Gasteiger partial charge in [-0.1, -0.05) is 72.8 Å². The Bertz CT molecular complexity index is 451. The van der Waals surface area contributed by atoms with Gasteiger partial charge in [-0.05, 0) is 55.4 Å². The summed E-state index contributed by atoms with van der Waals surface area (Å²) < 4.78 is 6.36. The first-order valence-corrected chi connectivity index (χ1v) is 10.7. The van der Waals surface area contributed by atoms with Crippen LogP contribution in [0.2, 0.25) is 5.04 Å². The fraction of sp³-hybridized carbons (Fsp3) is 0.727. The Balaban J connectivity index is 2.77. The molecule has 136 valence electrons. The molecule has 2 radical (unpaired) electrons. The van der Waals surface area contributed by atoms with Crippen molar-refractivity contribution >= 4 is 9.76 Å². The van der Waals surface area contributed by atoms with Gasteiger partial charge in [0.1, 0.15) is 5.75 Å². The molecule has 0 aliphatic rings. The Hall–Kier alpha value is -0.763. The summed E-state index contributed by atoms with van der Waals surface area (Å²) in [6, 6.07) is 6.56. The first-order chi connectivity index (χ1) is 11.3. The van der Waals surface area contributed by atoms with E-state index in [4.69, 9.17) is 4.43 Å². The molecular formula is C22H38OSi. The zero-order valence-corrected chi connectivity index (χ0v) is 18.0. The van der Waals surface area contributed by atoms with E-state index in [-0.39, 0.29) is 0 Å². The van der Waals surface area contributed by atoms with Gasteiger partial charge in [0.15, 0.2) is 0 Å². The van der Waals surface area contributed by atoms with E-state index in [9.17, 15) is 0 Å². The second-order valence-electron chi connectivity index (χ2n) is 8.04. The highest BCUT2D eigenvalue weighted by atomic mass is 28.2. The molecular weight excluding hydrogens is 308 g/mol. The van der Waals surface area contributed by atoms with Crippen molar-refractivity contribution in [3.05, 3.63) is 29.3 Å². The van der Waals surface area contributed by atoms with Crippen LogP contribution < -0.4 is 4.43 Å². The molecule has 0 N–H and O–H groups in total. The summed E-state index contributed by atoms with van der Waals surface area (Å²) >= 11 is 0. The van der Waals surface area contributed by atoms with Crippen LogP contribution in [0.3, 0.4) is 0 Å². The molecule has 0 bridgehead atoms. The molecule has 0 atom stereocenters. The van der Waals surface area contributed by atoms with E-state index in [0.717, 1.165) is 5.75 Å². The van der Waals surface area contributed by atoms with Gasteiger partial charge in [0.05, 0.1) is 0 Å². The summed E-state index contributed by atoms with van der Waals surface area (Å²) in [6.45, 7) is 16.1. The van der Waals surface area contributed by atoms with Gasteiger partial charge in [0.2, 0.25) is 0 Å². The van der Waals surface area contributed by atoms with Crippen LogP contribution in [0.4, 0.5) is 0 Å². The molecule has 24 heavy (non-hydrogen) atoms. The summed E-state index contributed by atoms with van der Waals surface area (Å²) in [5, 5.41) is 0.296. The molecule has 0 aliphatic carbocycles. The molecule has 0 spiro atoms. The molecule has 1 rings (SSSR count). The standard InChI is InChI=1S/C22H38OSi/c1-8-9-10-11-12-13-22(17(2)3,18(4)5)24-23-21-15-19(6)14-20(7)16-21/h14-18H,8-13H2,1-7H3. The molecule has 1 nitrogen and oxygen atoms in total. The molecule has 0 aliphatic heterocycles. The Kier molecular flexibility index (Phi) is 9.11. The highest BCUT2D eigenvalue weighted by Crippen LogP contribution is 2.47. The van der Waals surface area contributed by atoms with Crippen molar-refractivity contribution in [1.29, 1.82) is 0 Å². The Morgan fingerprint density at radius 1 is 0.875 bits per heavy atom. The molecule has 0 unspecified atom stereocenters. The maximum Gasteiger partial charge on any atom is 0.318 e. The molecule has 0 fully saturated rings. The number of rotatable bonds is 11. The minimum Gasteiger partial charge on any atom is -0.540 e. The van der Waals surface area contributed by atoms with Crippen LogP contribution in [0.15, 0.2) is 18.2 Å². The first kappa shape index (κ1) is 21.3. The molecule has 0 heterocycles. The quantitative estimate of drug-likeness (QED) is 0.306. The van der Waals surface area contributed by atoms with Gasteiger partial charge < -0.3 is 4.43 Å². The van der Waals surface area contributed by atoms with Crippen LogP contribution in [0.1, 0.15) is 84.3 Å². The third-order valence-electron chi connectivity index (χ3n) is 5.31. The van der Waals surface area contributed by atoms with Crippen LogP contribution in [0.25, 0.3) is 0 Å². The monoisotopic (exact) mass is 346 g/mol. The molecule has 1 aromatic carbocycles. The average Bonchev–Trinajstić information content (AvgIpc) is 2.48. The van der Waals surface area contributed by atoms with Crippen LogP contribution >= 0.6 is 0 Å². The van der Waals surface area contributed by atoms with Gasteiger partial charge in [0.25, 0.3) is 0 Å². The number of hydrogen-bond acceptors (Lipinski definition) is 1. The third kappa shape index (κ3) is 6.27.